The molecule has 2 rings (SSSR count). The normalized spacial score (nSPS) is 11.8. The minimum absolute atomic E-state index is 0.0399. The third kappa shape index (κ3) is 4.69. The summed E-state index contributed by atoms with van der Waals surface area (Å²) in [5.74, 6) is -1.01. The summed E-state index contributed by atoms with van der Waals surface area (Å²) < 4.78 is 5.08. The summed E-state index contributed by atoms with van der Waals surface area (Å²) in [6.07, 6.45) is 0. The van der Waals surface area contributed by atoms with Crippen LogP contribution in [0.2, 0.25) is 5.02 Å². The number of carboxylic acids is 1. The van der Waals surface area contributed by atoms with Crippen molar-refractivity contribution >= 4 is 23.6 Å². The first-order valence-corrected chi connectivity index (χ1v) is 7.55. The number of aromatic nitrogens is 2. The van der Waals surface area contributed by atoms with Gasteiger partial charge in [0.05, 0.1) is 12.5 Å². The Bertz CT molecular complexity index is 734. The maximum absolute atomic E-state index is 11.9. The van der Waals surface area contributed by atoms with Crippen LogP contribution < -0.4 is 5.32 Å². The lowest BCUT2D eigenvalue weighted by molar-refractivity contribution is -0.141. The fraction of sp³-hybridized carbons (Fsp3) is 0.333. The van der Waals surface area contributed by atoms with Crippen LogP contribution in [0.1, 0.15) is 12.8 Å². The molecule has 0 saturated heterocycles. The van der Waals surface area contributed by atoms with E-state index in [1.807, 2.05) is 0 Å². The molecule has 2 N–H and O–H groups in total. The molecule has 0 aliphatic rings. The van der Waals surface area contributed by atoms with Crippen molar-refractivity contribution < 1.29 is 19.2 Å². The fourth-order valence-electron chi connectivity index (χ4n) is 1.93. The third-order valence-corrected chi connectivity index (χ3v) is 3.49. The Morgan fingerprint density at radius 3 is 2.88 bits per heavy atom. The quantitative estimate of drug-likeness (QED) is 0.825. The number of hydrogen-bond donors (Lipinski definition) is 2. The second-order valence-corrected chi connectivity index (χ2v) is 5.74. The molecule has 1 atom stereocenters. The van der Waals surface area contributed by atoms with E-state index in [4.69, 9.17) is 21.2 Å². The molecule has 128 valence electrons. The number of hydrogen-bond acceptors (Lipinski definition) is 5. The Kier molecular flexibility index (Phi) is 5.75. The SMILES string of the molecule is CC(CN(C)C(=O)NCc1nc(-c2cccc(Cl)c2)no1)C(=O)O. The van der Waals surface area contributed by atoms with E-state index in [1.165, 1.54) is 18.9 Å². The highest BCUT2D eigenvalue weighted by atomic mass is 35.5. The maximum Gasteiger partial charge on any atom is 0.317 e. The fourth-order valence-corrected chi connectivity index (χ4v) is 2.12. The summed E-state index contributed by atoms with van der Waals surface area (Å²) in [6, 6.07) is 6.58. The minimum Gasteiger partial charge on any atom is -0.481 e. The zero-order valence-electron chi connectivity index (χ0n) is 13.2. The summed E-state index contributed by atoms with van der Waals surface area (Å²) in [5.41, 5.74) is 0.705. The number of nitrogens with zero attached hydrogens (tertiary/aromatic N) is 3. The van der Waals surface area contributed by atoms with Crippen LogP contribution in [0, 0.1) is 5.92 Å². The van der Waals surface area contributed by atoms with Gasteiger partial charge in [0.2, 0.25) is 11.7 Å². The lowest BCUT2D eigenvalue weighted by Crippen LogP contribution is -2.40. The van der Waals surface area contributed by atoms with Gasteiger partial charge in [0.15, 0.2) is 0 Å². The number of carbonyl (C=O) groups is 2. The predicted molar refractivity (Wildman–Crippen MR) is 86.4 cm³/mol. The van der Waals surface area contributed by atoms with Gasteiger partial charge >= 0.3 is 12.0 Å². The van der Waals surface area contributed by atoms with Crippen molar-refractivity contribution in [1.82, 2.24) is 20.4 Å². The molecule has 1 aromatic heterocycles. The van der Waals surface area contributed by atoms with Crippen LogP contribution in [0.15, 0.2) is 28.8 Å². The summed E-state index contributed by atoms with van der Waals surface area (Å²) >= 11 is 5.91. The van der Waals surface area contributed by atoms with Gasteiger partial charge in [-0.25, -0.2) is 4.79 Å². The molecule has 8 nitrogen and oxygen atoms in total. The number of aliphatic carboxylic acids is 1. The summed E-state index contributed by atoms with van der Waals surface area (Å²) in [4.78, 5) is 28.2. The van der Waals surface area contributed by atoms with Crippen molar-refractivity contribution in [3.05, 3.63) is 35.2 Å². The molecule has 0 radical (unpaired) electrons. The molecular weight excluding hydrogens is 336 g/mol. The first-order valence-electron chi connectivity index (χ1n) is 7.17. The molecule has 24 heavy (non-hydrogen) atoms. The molecule has 2 aromatic rings. The number of nitrogens with one attached hydrogen (secondary N) is 1. The molecule has 2 amide bonds. The summed E-state index contributed by atoms with van der Waals surface area (Å²) in [7, 11) is 1.51. The number of carbonyl (C=O) groups excluding carboxylic acids is 1. The third-order valence-electron chi connectivity index (χ3n) is 3.26. The second kappa shape index (κ2) is 7.78. The Morgan fingerprint density at radius 2 is 2.21 bits per heavy atom. The van der Waals surface area contributed by atoms with Gasteiger partial charge in [-0.05, 0) is 12.1 Å². The number of benzene rings is 1. The van der Waals surface area contributed by atoms with Crippen molar-refractivity contribution in [3.8, 4) is 11.4 Å². The number of carboxylic acid groups (broad SMARTS) is 1. The standard InChI is InChI=1S/C15H17ClN4O4/c1-9(14(21)22)8-20(2)15(23)17-7-12-18-13(19-24-12)10-4-3-5-11(16)6-10/h3-6,9H,7-8H2,1-2H3,(H,17,23)(H,21,22). The molecule has 0 aliphatic carbocycles. The molecule has 9 heteroatoms. The van der Waals surface area contributed by atoms with E-state index in [0.717, 1.165) is 0 Å². The summed E-state index contributed by atoms with van der Waals surface area (Å²) in [6.45, 7) is 1.67. The number of halogens is 1. The average molecular weight is 353 g/mol. The number of urea groups is 1. The van der Waals surface area contributed by atoms with Crippen LogP contribution >= 0.6 is 11.6 Å². The molecule has 0 aliphatic heterocycles. The minimum atomic E-state index is -0.960. The van der Waals surface area contributed by atoms with Crippen molar-refractivity contribution in [2.75, 3.05) is 13.6 Å². The first-order chi connectivity index (χ1) is 11.4. The zero-order valence-corrected chi connectivity index (χ0v) is 13.9. The Hall–Kier alpha value is -2.61. The van der Waals surface area contributed by atoms with Gasteiger partial charge in [-0.15, -0.1) is 0 Å². The smallest absolute Gasteiger partial charge is 0.317 e. The van der Waals surface area contributed by atoms with E-state index in [0.29, 0.717) is 16.4 Å². The first kappa shape index (κ1) is 17.7. The average Bonchev–Trinajstić information content (AvgIpc) is 3.01. The largest absolute Gasteiger partial charge is 0.481 e. The van der Waals surface area contributed by atoms with Crippen molar-refractivity contribution in [2.24, 2.45) is 5.92 Å². The van der Waals surface area contributed by atoms with Gasteiger partial charge in [0, 0.05) is 24.2 Å². The van der Waals surface area contributed by atoms with Crippen LogP contribution in [0.3, 0.4) is 0 Å². The van der Waals surface area contributed by atoms with E-state index in [2.05, 4.69) is 15.5 Å². The van der Waals surface area contributed by atoms with Gasteiger partial charge in [-0.2, -0.15) is 4.98 Å². The van der Waals surface area contributed by atoms with E-state index in [1.54, 1.807) is 24.3 Å². The topological polar surface area (TPSA) is 109 Å². The Morgan fingerprint density at radius 1 is 1.46 bits per heavy atom. The van der Waals surface area contributed by atoms with Gasteiger partial charge in [-0.1, -0.05) is 35.8 Å². The van der Waals surface area contributed by atoms with Crippen molar-refractivity contribution in [2.45, 2.75) is 13.5 Å². The van der Waals surface area contributed by atoms with Crippen LogP contribution in [0.25, 0.3) is 11.4 Å². The Balaban J connectivity index is 1.91. The molecule has 0 spiro atoms. The van der Waals surface area contributed by atoms with Gasteiger partial charge in [0.1, 0.15) is 0 Å². The molecule has 0 saturated carbocycles. The lowest BCUT2D eigenvalue weighted by atomic mass is 10.2. The molecule has 1 unspecified atom stereocenters. The number of rotatable bonds is 6. The molecule has 1 aromatic carbocycles. The molecule has 0 bridgehead atoms. The zero-order chi connectivity index (χ0) is 17.7. The van der Waals surface area contributed by atoms with E-state index >= 15 is 0 Å². The monoisotopic (exact) mass is 352 g/mol. The molecule has 1 heterocycles. The second-order valence-electron chi connectivity index (χ2n) is 5.30. The van der Waals surface area contributed by atoms with Crippen LogP contribution in [0.5, 0.6) is 0 Å². The number of amides is 2. The van der Waals surface area contributed by atoms with E-state index in [9.17, 15) is 9.59 Å². The summed E-state index contributed by atoms with van der Waals surface area (Å²) in [5, 5.41) is 15.8. The van der Waals surface area contributed by atoms with Crippen molar-refractivity contribution in [1.29, 1.82) is 0 Å². The molecule has 0 fully saturated rings. The van der Waals surface area contributed by atoms with Gasteiger partial charge < -0.3 is 19.8 Å². The Labute approximate surface area is 143 Å². The van der Waals surface area contributed by atoms with E-state index < -0.39 is 17.9 Å². The molecular formula is C15H17ClN4O4. The van der Waals surface area contributed by atoms with Gasteiger partial charge in [-0.3, -0.25) is 4.79 Å². The van der Waals surface area contributed by atoms with E-state index in [-0.39, 0.29) is 19.0 Å². The highest BCUT2D eigenvalue weighted by Crippen LogP contribution is 2.19. The van der Waals surface area contributed by atoms with Crippen LogP contribution in [0.4, 0.5) is 4.79 Å². The predicted octanol–water partition coefficient (Wildman–Crippen LogP) is 2.25. The highest BCUT2D eigenvalue weighted by Gasteiger charge is 2.18. The van der Waals surface area contributed by atoms with Gasteiger partial charge in [0.25, 0.3) is 0 Å². The maximum atomic E-state index is 11.9. The van der Waals surface area contributed by atoms with Crippen molar-refractivity contribution in [3.63, 3.8) is 0 Å². The van der Waals surface area contributed by atoms with Crippen LogP contribution in [-0.2, 0) is 11.3 Å². The highest BCUT2D eigenvalue weighted by molar-refractivity contribution is 6.30. The lowest BCUT2D eigenvalue weighted by Gasteiger charge is -2.19. The van der Waals surface area contributed by atoms with Crippen LogP contribution in [-0.4, -0.2) is 45.7 Å².